The summed E-state index contributed by atoms with van der Waals surface area (Å²) in [5.41, 5.74) is 8.93. The maximum Gasteiger partial charge on any atom is 0.0377 e. The van der Waals surface area contributed by atoms with Gasteiger partial charge in [0.25, 0.3) is 0 Å². The summed E-state index contributed by atoms with van der Waals surface area (Å²) in [6, 6.07) is 6.91. The van der Waals surface area contributed by atoms with E-state index in [0.29, 0.717) is 5.41 Å². The molecular formula is C16H25BrN2. The van der Waals surface area contributed by atoms with Crippen LogP contribution in [0.1, 0.15) is 39.2 Å². The van der Waals surface area contributed by atoms with Crippen molar-refractivity contribution in [1.82, 2.24) is 0 Å². The number of hydrogen-bond acceptors (Lipinski definition) is 2. The van der Waals surface area contributed by atoms with Gasteiger partial charge in [0.1, 0.15) is 0 Å². The van der Waals surface area contributed by atoms with Gasteiger partial charge in [-0.25, -0.2) is 0 Å². The molecule has 1 unspecified atom stereocenters. The normalized spacial score (nSPS) is 20.4. The molecule has 1 aliphatic rings. The summed E-state index contributed by atoms with van der Waals surface area (Å²) in [4.78, 5) is 2.50. The van der Waals surface area contributed by atoms with E-state index in [1.54, 1.807) is 0 Å². The highest BCUT2D eigenvalue weighted by Gasteiger charge is 2.26. The number of hydrogen-bond donors (Lipinski definition) is 1. The van der Waals surface area contributed by atoms with Gasteiger partial charge < -0.3 is 10.6 Å². The average molecular weight is 325 g/mol. The number of halogens is 1. The Labute approximate surface area is 125 Å². The van der Waals surface area contributed by atoms with E-state index >= 15 is 0 Å². The molecule has 1 atom stereocenters. The van der Waals surface area contributed by atoms with Crippen LogP contribution >= 0.6 is 15.9 Å². The van der Waals surface area contributed by atoms with Gasteiger partial charge in [0.05, 0.1) is 0 Å². The Bertz CT molecular complexity index is 440. The van der Waals surface area contributed by atoms with Crippen molar-refractivity contribution in [3.05, 3.63) is 28.2 Å². The fraction of sp³-hybridized carbons (Fsp3) is 0.625. The van der Waals surface area contributed by atoms with Crippen molar-refractivity contribution in [1.29, 1.82) is 0 Å². The second-order valence-corrected chi connectivity index (χ2v) is 7.50. The van der Waals surface area contributed by atoms with E-state index in [1.165, 1.54) is 35.1 Å². The lowest BCUT2D eigenvalue weighted by Gasteiger charge is -2.39. The van der Waals surface area contributed by atoms with Crippen molar-refractivity contribution in [3.63, 3.8) is 0 Å². The molecule has 1 aromatic rings. The highest BCUT2D eigenvalue weighted by atomic mass is 79.9. The van der Waals surface area contributed by atoms with Crippen molar-refractivity contribution in [2.45, 2.75) is 46.1 Å². The van der Waals surface area contributed by atoms with Gasteiger partial charge in [-0.2, -0.15) is 0 Å². The summed E-state index contributed by atoms with van der Waals surface area (Å²) >= 11 is 3.69. The van der Waals surface area contributed by atoms with Gasteiger partial charge in [-0.1, -0.05) is 35.8 Å². The van der Waals surface area contributed by atoms with Crippen molar-refractivity contribution in [3.8, 4) is 0 Å². The lowest BCUT2D eigenvalue weighted by Crippen LogP contribution is -2.40. The molecular weight excluding hydrogens is 300 g/mol. The second-order valence-electron chi connectivity index (χ2n) is 6.65. The number of benzene rings is 1. The monoisotopic (exact) mass is 324 g/mol. The SMILES string of the molecule is CC(N)Cc1ccc(N2CCCC(C)(C)C2)cc1Br. The summed E-state index contributed by atoms with van der Waals surface area (Å²) in [5.74, 6) is 0. The van der Waals surface area contributed by atoms with E-state index in [9.17, 15) is 0 Å². The molecule has 19 heavy (non-hydrogen) atoms. The standard InChI is InChI=1S/C16H25BrN2/c1-12(18)9-13-5-6-14(10-15(13)17)19-8-4-7-16(2,3)11-19/h5-6,10,12H,4,7-9,11,18H2,1-3H3. The van der Waals surface area contributed by atoms with E-state index < -0.39 is 0 Å². The van der Waals surface area contributed by atoms with Gasteiger partial charge in [-0.3, -0.25) is 0 Å². The highest BCUT2D eigenvalue weighted by Crippen LogP contribution is 2.33. The molecule has 0 aromatic heterocycles. The van der Waals surface area contributed by atoms with Crippen molar-refractivity contribution in [2.24, 2.45) is 11.1 Å². The van der Waals surface area contributed by atoms with Gasteiger partial charge >= 0.3 is 0 Å². The first-order chi connectivity index (χ1) is 8.87. The Kier molecular flexibility index (Phi) is 4.57. The number of piperidine rings is 1. The van der Waals surface area contributed by atoms with Crippen molar-refractivity contribution < 1.29 is 0 Å². The van der Waals surface area contributed by atoms with Crippen LogP contribution in [-0.4, -0.2) is 19.1 Å². The summed E-state index contributed by atoms with van der Waals surface area (Å²) < 4.78 is 1.19. The molecule has 0 spiro atoms. The Morgan fingerprint density at radius 2 is 2.16 bits per heavy atom. The summed E-state index contributed by atoms with van der Waals surface area (Å²) in [6.45, 7) is 9.08. The minimum Gasteiger partial charge on any atom is -0.371 e. The third kappa shape index (κ3) is 3.96. The molecule has 0 amide bonds. The molecule has 1 saturated heterocycles. The van der Waals surface area contributed by atoms with E-state index in [2.05, 4.69) is 52.9 Å². The van der Waals surface area contributed by atoms with E-state index in [4.69, 9.17) is 5.73 Å². The van der Waals surface area contributed by atoms with Gasteiger partial charge in [0.2, 0.25) is 0 Å². The number of anilines is 1. The first-order valence-corrected chi connectivity index (χ1v) is 7.96. The molecule has 0 radical (unpaired) electrons. The Morgan fingerprint density at radius 1 is 1.42 bits per heavy atom. The zero-order valence-corrected chi connectivity index (χ0v) is 13.8. The molecule has 3 heteroatoms. The van der Waals surface area contributed by atoms with E-state index in [1.807, 2.05) is 6.92 Å². The third-order valence-corrected chi connectivity index (χ3v) is 4.58. The number of nitrogens with two attached hydrogens (primary N) is 1. The maximum atomic E-state index is 5.88. The predicted molar refractivity (Wildman–Crippen MR) is 86.7 cm³/mol. The lowest BCUT2D eigenvalue weighted by atomic mass is 9.84. The molecule has 2 nitrogen and oxygen atoms in total. The summed E-state index contributed by atoms with van der Waals surface area (Å²) in [5, 5.41) is 0. The van der Waals surface area contributed by atoms with Crippen LogP contribution < -0.4 is 10.6 Å². The highest BCUT2D eigenvalue weighted by molar-refractivity contribution is 9.10. The molecule has 106 valence electrons. The largest absolute Gasteiger partial charge is 0.371 e. The molecule has 0 bridgehead atoms. The van der Waals surface area contributed by atoms with Gasteiger partial charge in [-0.05, 0) is 49.3 Å². The van der Waals surface area contributed by atoms with Crippen LogP contribution in [0.5, 0.6) is 0 Å². The summed E-state index contributed by atoms with van der Waals surface area (Å²) in [6.07, 6.45) is 3.53. The van der Waals surface area contributed by atoms with Gasteiger partial charge in [0.15, 0.2) is 0 Å². The summed E-state index contributed by atoms with van der Waals surface area (Å²) in [7, 11) is 0. The van der Waals surface area contributed by atoms with Gasteiger partial charge in [0, 0.05) is 29.3 Å². The number of nitrogens with zero attached hydrogens (tertiary/aromatic N) is 1. The molecule has 0 aliphatic carbocycles. The van der Waals surface area contributed by atoms with Crippen molar-refractivity contribution >= 4 is 21.6 Å². The number of rotatable bonds is 3. The van der Waals surface area contributed by atoms with Crippen LogP contribution in [0.4, 0.5) is 5.69 Å². The fourth-order valence-corrected chi connectivity index (χ4v) is 3.42. The Balaban J connectivity index is 2.15. The smallest absolute Gasteiger partial charge is 0.0377 e. The average Bonchev–Trinajstić information content (AvgIpc) is 2.30. The predicted octanol–water partition coefficient (Wildman–Crippen LogP) is 3.97. The molecule has 2 rings (SSSR count). The van der Waals surface area contributed by atoms with Crippen LogP contribution in [0.15, 0.2) is 22.7 Å². The zero-order chi connectivity index (χ0) is 14.0. The molecule has 1 fully saturated rings. The van der Waals surface area contributed by atoms with Crippen LogP contribution in [0.25, 0.3) is 0 Å². The minimum absolute atomic E-state index is 0.205. The molecule has 1 heterocycles. The van der Waals surface area contributed by atoms with Crippen LogP contribution in [0.3, 0.4) is 0 Å². The van der Waals surface area contributed by atoms with Crippen LogP contribution in [0, 0.1) is 5.41 Å². The molecule has 1 aliphatic heterocycles. The van der Waals surface area contributed by atoms with E-state index in [-0.39, 0.29) is 6.04 Å². The lowest BCUT2D eigenvalue weighted by molar-refractivity contribution is 0.293. The topological polar surface area (TPSA) is 29.3 Å². The molecule has 2 N–H and O–H groups in total. The first-order valence-electron chi connectivity index (χ1n) is 7.16. The quantitative estimate of drug-likeness (QED) is 0.911. The fourth-order valence-electron chi connectivity index (χ4n) is 2.89. The zero-order valence-electron chi connectivity index (χ0n) is 12.2. The first kappa shape index (κ1) is 14.9. The van der Waals surface area contributed by atoms with Crippen molar-refractivity contribution in [2.75, 3.05) is 18.0 Å². The Morgan fingerprint density at radius 3 is 2.74 bits per heavy atom. The minimum atomic E-state index is 0.205. The second kappa shape index (κ2) is 5.84. The van der Waals surface area contributed by atoms with Crippen LogP contribution in [-0.2, 0) is 6.42 Å². The molecule has 1 aromatic carbocycles. The van der Waals surface area contributed by atoms with Crippen LogP contribution in [0.2, 0.25) is 0 Å². The Hall–Kier alpha value is -0.540. The van der Waals surface area contributed by atoms with Gasteiger partial charge in [-0.15, -0.1) is 0 Å². The third-order valence-electron chi connectivity index (χ3n) is 3.84. The molecule has 0 saturated carbocycles. The van der Waals surface area contributed by atoms with E-state index in [0.717, 1.165) is 13.0 Å². The maximum absolute atomic E-state index is 5.88.